The quantitative estimate of drug-likeness (QED) is 0.416. The van der Waals surface area contributed by atoms with E-state index >= 15 is 0 Å². The van der Waals surface area contributed by atoms with E-state index in [1.165, 1.54) is 5.01 Å². The number of rotatable bonds is 5. The van der Waals surface area contributed by atoms with Gasteiger partial charge in [0.1, 0.15) is 11.3 Å². The second kappa shape index (κ2) is 7.90. The number of halogens is 1. The molecule has 2 aromatic rings. The van der Waals surface area contributed by atoms with Crippen molar-refractivity contribution in [3.05, 3.63) is 63.2 Å². The van der Waals surface area contributed by atoms with Gasteiger partial charge in [-0.15, -0.1) is 0 Å². The minimum Gasteiger partial charge on any atom is -0.490 e. The second-order valence-corrected chi connectivity index (χ2v) is 7.16. The van der Waals surface area contributed by atoms with Gasteiger partial charge in [-0.3, -0.25) is 15.0 Å². The van der Waals surface area contributed by atoms with E-state index in [4.69, 9.17) is 4.74 Å². The highest BCUT2D eigenvalue weighted by Crippen LogP contribution is 2.26. The molecule has 2 aromatic carbocycles. The summed E-state index contributed by atoms with van der Waals surface area (Å²) in [5.41, 5.74) is 4.11. The fourth-order valence-corrected chi connectivity index (χ4v) is 3.15. The molecule has 1 atom stereocenters. The highest BCUT2D eigenvalue weighted by atomic mass is 127. The van der Waals surface area contributed by atoms with E-state index in [-0.39, 0.29) is 17.6 Å². The Bertz CT molecular complexity index is 865. The molecule has 1 aliphatic heterocycles. The number of amides is 2. The molecule has 0 unspecified atom stereocenters. The summed E-state index contributed by atoms with van der Waals surface area (Å²) in [5.74, 6) is 0.0279. The molecule has 1 aliphatic rings. The minimum atomic E-state index is -0.409. The van der Waals surface area contributed by atoms with E-state index in [0.29, 0.717) is 5.69 Å². The molecule has 0 radical (unpaired) electrons. The molecule has 0 spiro atoms. The summed E-state index contributed by atoms with van der Waals surface area (Å²) < 4.78 is 6.79. The van der Waals surface area contributed by atoms with Crippen molar-refractivity contribution in [1.82, 2.24) is 5.43 Å². The van der Waals surface area contributed by atoms with Gasteiger partial charge in [0.2, 0.25) is 0 Å². The minimum absolute atomic E-state index is 0.111. The number of nitrogens with zero attached hydrogens (tertiary/aromatic N) is 1. The molecule has 1 saturated heterocycles. The molecule has 1 fully saturated rings. The van der Waals surface area contributed by atoms with Crippen LogP contribution in [0.2, 0.25) is 0 Å². The molecule has 0 aromatic heterocycles. The van der Waals surface area contributed by atoms with Crippen molar-refractivity contribution in [2.24, 2.45) is 0 Å². The molecule has 1 heterocycles. The Labute approximate surface area is 166 Å². The maximum absolute atomic E-state index is 12.6. The lowest BCUT2D eigenvalue weighted by Gasteiger charge is -2.14. The molecule has 26 heavy (non-hydrogen) atoms. The fraction of sp³-hybridized carbons (Fsp3) is 0.200. The van der Waals surface area contributed by atoms with E-state index in [9.17, 15) is 9.59 Å². The zero-order chi connectivity index (χ0) is 18.7. The van der Waals surface area contributed by atoms with Crippen LogP contribution in [0.25, 0.3) is 6.08 Å². The highest BCUT2D eigenvalue weighted by Gasteiger charge is 2.34. The van der Waals surface area contributed by atoms with Crippen LogP contribution in [0.3, 0.4) is 0 Å². The fourth-order valence-electron chi connectivity index (χ4n) is 2.49. The maximum atomic E-state index is 12.6. The van der Waals surface area contributed by atoms with Crippen molar-refractivity contribution < 1.29 is 14.3 Å². The number of anilines is 1. The molecule has 0 saturated carbocycles. The van der Waals surface area contributed by atoms with Gasteiger partial charge in [-0.05, 0) is 71.8 Å². The zero-order valence-electron chi connectivity index (χ0n) is 14.5. The Morgan fingerprint density at radius 3 is 2.58 bits per heavy atom. The number of nitrogens with one attached hydrogen (secondary N) is 1. The summed E-state index contributed by atoms with van der Waals surface area (Å²) in [6, 6.07) is 14.6. The normalized spacial score (nSPS) is 16.7. The number of para-hydroxylation sites is 1. The number of benzene rings is 2. The van der Waals surface area contributed by atoms with Gasteiger partial charge in [0.15, 0.2) is 0 Å². The van der Waals surface area contributed by atoms with Gasteiger partial charge in [-0.25, -0.2) is 5.01 Å². The van der Waals surface area contributed by atoms with Crippen LogP contribution in [-0.2, 0) is 9.59 Å². The predicted molar refractivity (Wildman–Crippen MR) is 110 cm³/mol. The van der Waals surface area contributed by atoms with Crippen LogP contribution in [0.1, 0.15) is 25.8 Å². The first-order chi connectivity index (χ1) is 12.5. The van der Waals surface area contributed by atoms with Gasteiger partial charge >= 0.3 is 0 Å². The molecule has 3 rings (SSSR count). The highest BCUT2D eigenvalue weighted by molar-refractivity contribution is 14.1. The van der Waals surface area contributed by atoms with Crippen molar-refractivity contribution >= 4 is 46.2 Å². The van der Waals surface area contributed by atoms with Crippen LogP contribution in [-0.4, -0.2) is 17.9 Å². The number of carbonyl (C=O) groups excluding carboxylic acids is 2. The van der Waals surface area contributed by atoms with Gasteiger partial charge in [0, 0.05) is 0 Å². The van der Waals surface area contributed by atoms with Crippen LogP contribution >= 0.6 is 22.6 Å². The van der Waals surface area contributed by atoms with Gasteiger partial charge in [-0.1, -0.05) is 31.2 Å². The van der Waals surface area contributed by atoms with Crippen LogP contribution in [0.4, 0.5) is 5.69 Å². The van der Waals surface area contributed by atoms with Crippen molar-refractivity contribution in [2.75, 3.05) is 5.01 Å². The van der Waals surface area contributed by atoms with Crippen molar-refractivity contribution in [3.8, 4) is 5.75 Å². The average Bonchev–Trinajstić information content (AvgIpc) is 2.92. The SMILES string of the molecule is CC[C@@H](C)Oc1ccc(/C=C2/C(=O)NN(c3ccccc3)C2=O)cc1I. The molecule has 5 nitrogen and oxygen atoms in total. The van der Waals surface area contributed by atoms with Gasteiger partial charge < -0.3 is 4.74 Å². The lowest BCUT2D eigenvalue weighted by Crippen LogP contribution is -2.35. The van der Waals surface area contributed by atoms with Crippen LogP contribution in [0, 0.1) is 3.57 Å². The molecular weight excluding hydrogens is 443 g/mol. The average molecular weight is 462 g/mol. The largest absolute Gasteiger partial charge is 0.490 e. The van der Waals surface area contributed by atoms with Crippen molar-refractivity contribution in [1.29, 1.82) is 0 Å². The number of ether oxygens (including phenoxy) is 1. The van der Waals surface area contributed by atoms with Gasteiger partial charge in [-0.2, -0.15) is 0 Å². The summed E-state index contributed by atoms with van der Waals surface area (Å²) >= 11 is 2.20. The Kier molecular flexibility index (Phi) is 5.61. The summed E-state index contributed by atoms with van der Waals surface area (Å²) in [6.07, 6.45) is 2.66. The van der Waals surface area contributed by atoms with Crippen molar-refractivity contribution in [3.63, 3.8) is 0 Å². The summed E-state index contributed by atoms with van der Waals surface area (Å²) in [7, 11) is 0. The van der Waals surface area contributed by atoms with Gasteiger partial charge in [0.05, 0.1) is 15.4 Å². The Balaban J connectivity index is 1.84. The third-order valence-corrected chi connectivity index (χ3v) is 4.92. The second-order valence-electron chi connectivity index (χ2n) is 6.00. The summed E-state index contributed by atoms with van der Waals surface area (Å²) in [4.78, 5) is 24.8. The Morgan fingerprint density at radius 2 is 1.92 bits per heavy atom. The first-order valence-electron chi connectivity index (χ1n) is 8.38. The van der Waals surface area contributed by atoms with E-state index in [1.807, 2.05) is 43.3 Å². The summed E-state index contributed by atoms with van der Waals surface area (Å²) in [6.45, 7) is 4.09. The van der Waals surface area contributed by atoms with Crippen LogP contribution < -0.4 is 15.2 Å². The molecule has 0 aliphatic carbocycles. The molecule has 2 amide bonds. The third-order valence-electron chi connectivity index (χ3n) is 4.08. The lowest BCUT2D eigenvalue weighted by atomic mass is 10.1. The molecule has 0 bridgehead atoms. The topological polar surface area (TPSA) is 58.6 Å². The Morgan fingerprint density at radius 1 is 1.19 bits per heavy atom. The van der Waals surface area contributed by atoms with E-state index in [2.05, 4.69) is 34.9 Å². The third kappa shape index (κ3) is 3.90. The number of hydrazine groups is 1. The molecule has 134 valence electrons. The van der Waals surface area contributed by atoms with Crippen LogP contribution in [0.15, 0.2) is 54.1 Å². The number of hydrogen-bond donors (Lipinski definition) is 1. The standard InChI is InChI=1S/C20H19IN2O3/c1-3-13(2)26-18-10-9-14(12-17(18)21)11-16-19(24)22-23(20(16)25)15-7-5-4-6-8-15/h4-13H,3H2,1-2H3,(H,22,24)/b16-11-/t13-/m1/s1. The lowest BCUT2D eigenvalue weighted by molar-refractivity contribution is -0.117. The monoisotopic (exact) mass is 462 g/mol. The maximum Gasteiger partial charge on any atom is 0.282 e. The van der Waals surface area contributed by atoms with E-state index < -0.39 is 5.91 Å². The number of hydrogen-bond acceptors (Lipinski definition) is 3. The van der Waals surface area contributed by atoms with E-state index in [1.54, 1.807) is 18.2 Å². The van der Waals surface area contributed by atoms with Gasteiger partial charge in [0.25, 0.3) is 11.8 Å². The van der Waals surface area contributed by atoms with Crippen molar-refractivity contribution in [2.45, 2.75) is 26.4 Å². The Hall–Kier alpha value is -2.35. The van der Waals surface area contributed by atoms with E-state index in [0.717, 1.165) is 21.3 Å². The first kappa shape index (κ1) is 18.4. The van der Waals surface area contributed by atoms with Crippen LogP contribution in [0.5, 0.6) is 5.75 Å². The smallest absolute Gasteiger partial charge is 0.282 e. The molecular formula is C20H19IN2O3. The molecule has 6 heteroatoms. The zero-order valence-corrected chi connectivity index (χ0v) is 16.7. The summed E-state index contributed by atoms with van der Waals surface area (Å²) in [5, 5.41) is 1.26. The molecule has 1 N–H and O–H groups in total. The number of carbonyl (C=O) groups is 2. The first-order valence-corrected chi connectivity index (χ1v) is 9.46. The predicted octanol–water partition coefficient (Wildman–Crippen LogP) is 3.93.